The van der Waals surface area contributed by atoms with Gasteiger partial charge in [-0.3, -0.25) is 9.59 Å². The van der Waals surface area contributed by atoms with Crippen LogP contribution in [-0.4, -0.2) is 102 Å². The van der Waals surface area contributed by atoms with E-state index in [1.54, 1.807) is 40.8 Å². The van der Waals surface area contributed by atoms with E-state index >= 15 is 0 Å². The second-order valence-electron chi connectivity index (χ2n) is 9.82. The third kappa shape index (κ3) is 6.89. The monoisotopic (exact) mass is 579 g/mol. The van der Waals surface area contributed by atoms with Gasteiger partial charge < -0.3 is 24.6 Å². The highest BCUT2D eigenvalue weighted by Gasteiger charge is 2.51. The number of piperazine rings is 1. The minimum absolute atomic E-state index is 0.0753. The molecule has 2 fully saturated rings. The molecular weight excluding hydrogens is 542 g/mol. The Bertz CT molecular complexity index is 1270. The van der Waals surface area contributed by atoms with Gasteiger partial charge in [0.2, 0.25) is 11.8 Å². The molecule has 0 aliphatic carbocycles. The van der Waals surface area contributed by atoms with Crippen LogP contribution in [0.1, 0.15) is 17.5 Å². The lowest BCUT2D eigenvalue weighted by atomic mass is 10.0. The fourth-order valence-corrected chi connectivity index (χ4v) is 5.76. The van der Waals surface area contributed by atoms with Crippen molar-refractivity contribution in [3.63, 3.8) is 0 Å². The molecule has 0 unspecified atom stereocenters. The minimum Gasteiger partial charge on any atom is -0.493 e. The Morgan fingerprint density at radius 2 is 1.85 bits per heavy atom. The van der Waals surface area contributed by atoms with Crippen molar-refractivity contribution in [3.8, 4) is 23.8 Å². The van der Waals surface area contributed by atoms with Crippen LogP contribution in [-0.2, 0) is 22.6 Å². The summed E-state index contributed by atoms with van der Waals surface area (Å²) in [4.78, 5) is 44.3. The molecule has 0 saturated carbocycles. The zero-order valence-corrected chi connectivity index (χ0v) is 24.6. The van der Waals surface area contributed by atoms with Crippen molar-refractivity contribution in [2.75, 3.05) is 52.4 Å². The standard InChI is InChI=1S/C30H37N5O5S/c1-5-15-33-21-28(36)34-24(14-17-41-4)29(37)32(16-13-22-11-12-25(39-2)26(18-22)40-3)20-27(34)35(33)30(38)31-19-23-9-7-6-8-10-23/h1,6-12,18,24,27H,13-17,19-21H2,2-4H3,(H,31,38)/t24-,27-/m0/s1. The number of amides is 4. The summed E-state index contributed by atoms with van der Waals surface area (Å²) in [5, 5.41) is 6.10. The van der Waals surface area contributed by atoms with Gasteiger partial charge in [-0.15, -0.1) is 6.42 Å². The molecule has 11 heteroatoms. The van der Waals surface area contributed by atoms with E-state index in [9.17, 15) is 14.4 Å². The number of rotatable bonds is 11. The Morgan fingerprint density at radius 3 is 2.54 bits per heavy atom. The quantitative estimate of drug-likeness (QED) is 0.409. The molecule has 2 aromatic rings. The van der Waals surface area contributed by atoms with Crippen LogP contribution in [0.2, 0.25) is 0 Å². The normalized spacial score (nSPS) is 19.0. The Labute approximate surface area is 245 Å². The number of nitrogens with zero attached hydrogens (tertiary/aromatic N) is 4. The molecule has 0 bridgehead atoms. The fourth-order valence-electron chi connectivity index (χ4n) is 5.30. The van der Waals surface area contributed by atoms with Gasteiger partial charge in [0.1, 0.15) is 12.2 Å². The summed E-state index contributed by atoms with van der Waals surface area (Å²) in [7, 11) is 3.17. The number of methoxy groups -OCH3 is 2. The molecule has 2 aliphatic heterocycles. The maximum atomic E-state index is 13.8. The highest BCUT2D eigenvalue weighted by molar-refractivity contribution is 7.98. The van der Waals surface area contributed by atoms with E-state index in [2.05, 4.69) is 11.2 Å². The van der Waals surface area contributed by atoms with Crippen LogP contribution in [0.3, 0.4) is 0 Å². The third-order valence-electron chi connectivity index (χ3n) is 7.31. The van der Waals surface area contributed by atoms with Gasteiger partial charge >= 0.3 is 6.03 Å². The number of terminal acetylenes is 1. The number of urea groups is 1. The van der Waals surface area contributed by atoms with Crippen molar-refractivity contribution >= 4 is 29.6 Å². The second kappa shape index (κ2) is 14.1. The van der Waals surface area contributed by atoms with Gasteiger partial charge in [0, 0.05) is 13.1 Å². The number of carbonyl (C=O) groups excluding carboxylic acids is 3. The summed E-state index contributed by atoms with van der Waals surface area (Å²) in [6.45, 7) is 0.918. The molecule has 2 saturated heterocycles. The zero-order valence-electron chi connectivity index (χ0n) is 23.7. The van der Waals surface area contributed by atoms with Crippen molar-refractivity contribution in [2.24, 2.45) is 0 Å². The topological polar surface area (TPSA) is 94.7 Å². The van der Waals surface area contributed by atoms with Crippen molar-refractivity contribution in [1.82, 2.24) is 25.1 Å². The molecule has 41 heavy (non-hydrogen) atoms. The summed E-state index contributed by atoms with van der Waals surface area (Å²) < 4.78 is 10.8. The van der Waals surface area contributed by atoms with Crippen LogP contribution in [0.5, 0.6) is 11.5 Å². The first kappa shape index (κ1) is 30.1. The van der Waals surface area contributed by atoms with Gasteiger partial charge in [0.25, 0.3) is 0 Å². The number of hydrazine groups is 1. The molecule has 2 heterocycles. The summed E-state index contributed by atoms with van der Waals surface area (Å²) in [6.07, 6.45) is 7.98. The molecule has 2 atom stereocenters. The smallest absolute Gasteiger partial charge is 0.334 e. The van der Waals surface area contributed by atoms with E-state index in [-0.39, 0.29) is 37.5 Å². The highest BCUT2D eigenvalue weighted by atomic mass is 32.2. The molecular formula is C30H37N5O5S. The highest BCUT2D eigenvalue weighted by Crippen LogP contribution is 2.30. The summed E-state index contributed by atoms with van der Waals surface area (Å²) >= 11 is 1.61. The average molecular weight is 580 g/mol. The predicted octanol–water partition coefficient (Wildman–Crippen LogP) is 2.44. The van der Waals surface area contributed by atoms with Gasteiger partial charge in [-0.05, 0) is 48.1 Å². The molecule has 2 aromatic carbocycles. The van der Waals surface area contributed by atoms with Crippen LogP contribution in [0, 0.1) is 12.3 Å². The van der Waals surface area contributed by atoms with Crippen molar-refractivity contribution in [1.29, 1.82) is 0 Å². The Hall–Kier alpha value is -3.88. The molecule has 0 spiro atoms. The lowest BCUT2D eigenvalue weighted by Gasteiger charge is -2.55. The predicted molar refractivity (Wildman–Crippen MR) is 158 cm³/mol. The van der Waals surface area contributed by atoms with Crippen LogP contribution in [0.4, 0.5) is 4.79 Å². The lowest BCUT2D eigenvalue weighted by molar-refractivity contribution is -0.188. The van der Waals surface area contributed by atoms with Crippen LogP contribution in [0.25, 0.3) is 0 Å². The third-order valence-corrected chi connectivity index (χ3v) is 7.96. The van der Waals surface area contributed by atoms with Gasteiger partial charge in [-0.1, -0.05) is 42.3 Å². The van der Waals surface area contributed by atoms with E-state index in [0.717, 1.165) is 11.1 Å². The Kier molecular flexibility index (Phi) is 10.4. The summed E-state index contributed by atoms with van der Waals surface area (Å²) in [5.74, 6) is 4.19. The van der Waals surface area contributed by atoms with Crippen molar-refractivity contribution in [3.05, 3.63) is 59.7 Å². The van der Waals surface area contributed by atoms with Gasteiger partial charge in [-0.25, -0.2) is 9.80 Å². The van der Waals surface area contributed by atoms with Crippen molar-refractivity contribution in [2.45, 2.75) is 31.6 Å². The van der Waals surface area contributed by atoms with E-state index in [0.29, 0.717) is 43.2 Å². The minimum atomic E-state index is -0.685. The molecule has 0 aromatic heterocycles. The summed E-state index contributed by atoms with van der Waals surface area (Å²) in [6, 6.07) is 14.2. The maximum Gasteiger partial charge on any atom is 0.334 e. The Morgan fingerprint density at radius 1 is 1.10 bits per heavy atom. The first-order valence-electron chi connectivity index (χ1n) is 13.5. The maximum absolute atomic E-state index is 13.8. The number of benzene rings is 2. The molecule has 218 valence electrons. The lowest BCUT2D eigenvalue weighted by Crippen LogP contribution is -2.76. The van der Waals surface area contributed by atoms with Crippen molar-refractivity contribution < 1.29 is 23.9 Å². The second-order valence-corrected chi connectivity index (χ2v) is 10.8. The van der Waals surface area contributed by atoms with E-state index in [4.69, 9.17) is 15.9 Å². The van der Waals surface area contributed by atoms with E-state index in [1.807, 2.05) is 54.8 Å². The molecule has 10 nitrogen and oxygen atoms in total. The molecule has 1 N–H and O–H groups in total. The fraction of sp³-hybridized carbons (Fsp3) is 0.433. The molecule has 4 amide bonds. The number of hydrogen-bond donors (Lipinski definition) is 1. The molecule has 0 radical (unpaired) electrons. The number of carbonyl (C=O) groups is 3. The SMILES string of the molecule is C#CCN1CC(=O)N2[C@@H](CCSC)C(=O)N(CCc3ccc(OC)c(OC)c3)C[C@@H]2N1C(=O)NCc1ccccc1. The van der Waals surface area contributed by atoms with E-state index in [1.165, 1.54) is 5.01 Å². The average Bonchev–Trinajstić information content (AvgIpc) is 2.99. The number of ether oxygens (including phenoxy) is 2. The summed E-state index contributed by atoms with van der Waals surface area (Å²) in [5.41, 5.74) is 1.92. The number of hydrogen-bond acceptors (Lipinski definition) is 7. The zero-order chi connectivity index (χ0) is 29.4. The first-order chi connectivity index (χ1) is 19.9. The van der Waals surface area contributed by atoms with Gasteiger partial charge in [0.15, 0.2) is 11.5 Å². The van der Waals surface area contributed by atoms with E-state index < -0.39 is 12.2 Å². The molecule has 2 aliphatic rings. The first-order valence-corrected chi connectivity index (χ1v) is 14.9. The van der Waals surface area contributed by atoms with Crippen LogP contribution < -0.4 is 14.8 Å². The number of nitrogens with one attached hydrogen (secondary N) is 1. The van der Waals surface area contributed by atoms with Gasteiger partial charge in [-0.2, -0.15) is 16.8 Å². The molecule has 4 rings (SSSR count). The van der Waals surface area contributed by atoms with Crippen LogP contribution in [0.15, 0.2) is 48.5 Å². The Balaban J connectivity index is 1.60. The number of thioether (sulfide) groups is 1. The number of fused-ring (bicyclic) bond motifs is 1. The van der Waals surface area contributed by atoms with Gasteiger partial charge in [0.05, 0.1) is 33.9 Å². The van der Waals surface area contributed by atoms with Crippen LogP contribution >= 0.6 is 11.8 Å². The largest absolute Gasteiger partial charge is 0.493 e.